The second-order valence-electron chi connectivity index (χ2n) is 7.53. The number of methoxy groups -OCH3 is 1. The van der Waals surface area contributed by atoms with E-state index in [1.807, 2.05) is 0 Å². The molecule has 0 saturated heterocycles. The fourth-order valence-corrected chi connectivity index (χ4v) is 3.79. The summed E-state index contributed by atoms with van der Waals surface area (Å²) in [4.78, 5) is 13.2. The molecule has 8 nitrogen and oxygen atoms in total. The lowest BCUT2D eigenvalue weighted by atomic mass is 10.1. The molecule has 0 aliphatic carbocycles. The Kier molecular flexibility index (Phi) is 7.01. The molecule has 0 bridgehead atoms. The molecule has 1 amide bonds. The predicted molar refractivity (Wildman–Crippen MR) is 119 cm³/mol. The molecule has 35 heavy (non-hydrogen) atoms. The van der Waals surface area contributed by atoms with E-state index in [4.69, 9.17) is 14.3 Å². The van der Waals surface area contributed by atoms with Gasteiger partial charge in [0.2, 0.25) is 0 Å². The van der Waals surface area contributed by atoms with Gasteiger partial charge in [-0.25, -0.2) is 13.4 Å². The van der Waals surface area contributed by atoms with E-state index in [0.717, 1.165) is 13.0 Å². The average Bonchev–Trinajstić information content (AvgIpc) is 2.74. The number of rotatable bonds is 6. The SMILES string of the molecule is COc1cc(F)c(C)cc1Oc1nnc(C(F)(F)F)c(C)c1C(=O)Nc1cccc(S(C)(=N)=O)c1. The van der Waals surface area contributed by atoms with Crippen LogP contribution in [-0.2, 0) is 15.9 Å². The number of benzene rings is 2. The number of carbonyl (C=O) groups excluding carboxylic acids is 1. The standard InChI is InChI=1S/C22H20F4N4O4S/c1-11-8-17(16(33-3)10-15(11)23)34-21-18(12(2)19(29-30-21)22(24,25)26)20(31)28-13-6-5-7-14(9-13)35(4,27)32/h5-10,27H,1-4H3,(H,28,31). The number of ether oxygens (including phenoxy) is 2. The zero-order chi connectivity index (χ0) is 26.1. The molecule has 1 atom stereocenters. The van der Waals surface area contributed by atoms with Crippen LogP contribution in [0.3, 0.4) is 0 Å². The molecule has 0 spiro atoms. The fraction of sp³-hybridized carbons (Fsp3) is 0.227. The summed E-state index contributed by atoms with van der Waals surface area (Å²) in [6, 6.07) is 7.79. The third-order valence-electron chi connectivity index (χ3n) is 4.87. The quantitative estimate of drug-likeness (QED) is 0.431. The first-order valence-electron chi connectivity index (χ1n) is 9.84. The highest BCUT2D eigenvalue weighted by molar-refractivity contribution is 7.91. The van der Waals surface area contributed by atoms with Crippen LogP contribution < -0.4 is 14.8 Å². The molecule has 0 fully saturated rings. The molecule has 3 aromatic rings. The van der Waals surface area contributed by atoms with E-state index in [0.29, 0.717) is 0 Å². The molecule has 2 N–H and O–H groups in total. The number of hydrogen-bond donors (Lipinski definition) is 2. The maximum Gasteiger partial charge on any atom is 0.435 e. The Bertz CT molecular complexity index is 1410. The smallest absolute Gasteiger partial charge is 0.435 e. The van der Waals surface area contributed by atoms with Gasteiger partial charge in [0.05, 0.1) is 16.8 Å². The van der Waals surface area contributed by atoms with Gasteiger partial charge >= 0.3 is 6.18 Å². The number of halogens is 4. The van der Waals surface area contributed by atoms with Crippen LogP contribution in [0, 0.1) is 24.4 Å². The largest absolute Gasteiger partial charge is 0.493 e. The zero-order valence-corrected chi connectivity index (χ0v) is 19.7. The van der Waals surface area contributed by atoms with Gasteiger partial charge in [0.1, 0.15) is 11.4 Å². The number of anilines is 1. The highest BCUT2D eigenvalue weighted by atomic mass is 32.2. The molecule has 0 aliphatic heterocycles. The van der Waals surface area contributed by atoms with Crippen molar-refractivity contribution in [2.45, 2.75) is 24.9 Å². The normalized spacial score (nSPS) is 13.1. The van der Waals surface area contributed by atoms with Gasteiger partial charge in [-0.3, -0.25) is 4.79 Å². The van der Waals surface area contributed by atoms with Crippen LogP contribution in [0.4, 0.5) is 23.2 Å². The van der Waals surface area contributed by atoms with Crippen LogP contribution in [0.15, 0.2) is 41.3 Å². The maximum atomic E-state index is 13.9. The van der Waals surface area contributed by atoms with Gasteiger partial charge in [-0.1, -0.05) is 6.07 Å². The molecule has 1 heterocycles. The summed E-state index contributed by atoms with van der Waals surface area (Å²) in [5.74, 6) is -2.40. The summed E-state index contributed by atoms with van der Waals surface area (Å²) in [5.41, 5.74) is -2.30. The van der Waals surface area contributed by atoms with Gasteiger partial charge in [-0.05, 0) is 49.2 Å². The molecule has 0 aliphatic rings. The topological polar surface area (TPSA) is 114 Å². The Hall–Kier alpha value is -3.74. The van der Waals surface area contributed by atoms with Crippen LogP contribution >= 0.6 is 0 Å². The minimum Gasteiger partial charge on any atom is -0.493 e. The molecule has 2 aromatic carbocycles. The van der Waals surface area contributed by atoms with Crippen molar-refractivity contribution in [3.8, 4) is 17.4 Å². The predicted octanol–water partition coefficient (Wildman–Crippen LogP) is 5.34. The summed E-state index contributed by atoms with van der Waals surface area (Å²) in [6.45, 7) is 2.47. The number of carbonyl (C=O) groups is 1. The molecular weight excluding hydrogens is 492 g/mol. The van der Waals surface area contributed by atoms with Crippen LogP contribution in [0.5, 0.6) is 17.4 Å². The number of amides is 1. The number of aromatic nitrogens is 2. The number of nitrogens with one attached hydrogen (secondary N) is 2. The summed E-state index contributed by atoms with van der Waals surface area (Å²) < 4.78 is 84.7. The Morgan fingerprint density at radius 1 is 1.11 bits per heavy atom. The number of alkyl halides is 3. The van der Waals surface area contributed by atoms with Gasteiger partial charge in [0, 0.05) is 22.9 Å². The molecule has 0 saturated carbocycles. The maximum absolute atomic E-state index is 13.9. The molecular formula is C22H20F4N4O4S. The highest BCUT2D eigenvalue weighted by Gasteiger charge is 2.38. The minimum atomic E-state index is -4.91. The van der Waals surface area contributed by atoms with Gasteiger partial charge in [0.15, 0.2) is 17.2 Å². The summed E-state index contributed by atoms with van der Waals surface area (Å²) in [5, 5.41) is 9.06. The first-order valence-corrected chi connectivity index (χ1v) is 11.8. The average molecular weight is 512 g/mol. The van der Waals surface area contributed by atoms with Crippen molar-refractivity contribution in [2.75, 3.05) is 18.7 Å². The Balaban J connectivity index is 2.12. The zero-order valence-electron chi connectivity index (χ0n) is 18.9. The van der Waals surface area contributed by atoms with Gasteiger partial charge in [-0.15, -0.1) is 10.2 Å². The summed E-state index contributed by atoms with van der Waals surface area (Å²) in [6.07, 6.45) is -3.72. The molecule has 1 unspecified atom stereocenters. The third kappa shape index (κ3) is 5.67. The Morgan fingerprint density at radius 2 is 1.80 bits per heavy atom. The molecule has 0 radical (unpaired) electrons. The van der Waals surface area contributed by atoms with E-state index >= 15 is 0 Å². The molecule has 13 heteroatoms. The van der Waals surface area contributed by atoms with Crippen molar-refractivity contribution >= 4 is 21.3 Å². The van der Waals surface area contributed by atoms with Crippen LogP contribution in [0.25, 0.3) is 0 Å². The van der Waals surface area contributed by atoms with Crippen molar-refractivity contribution in [1.82, 2.24) is 10.2 Å². The van der Waals surface area contributed by atoms with E-state index in [2.05, 4.69) is 15.5 Å². The number of aryl methyl sites for hydroxylation is 1. The monoisotopic (exact) mass is 512 g/mol. The van der Waals surface area contributed by atoms with Crippen LogP contribution in [0.2, 0.25) is 0 Å². The second-order valence-corrected chi connectivity index (χ2v) is 9.69. The minimum absolute atomic E-state index is 0.0836. The van der Waals surface area contributed by atoms with Gasteiger partial charge < -0.3 is 14.8 Å². The number of hydrogen-bond acceptors (Lipinski definition) is 7. The first-order chi connectivity index (χ1) is 16.2. The van der Waals surface area contributed by atoms with E-state index in [9.17, 15) is 26.6 Å². The van der Waals surface area contributed by atoms with Crippen molar-refractivity contribution < 1.29 is 36.0 Å². The van der Waals surface area contributed by atoms with Crippen molar-refractivity contribution in [3.63, 3.8) is 0 Å². The van der Waals surface area contributed by atoms with E-state index in [1.54, 1.807) is 0 Å². The molecule has 186 valence electrons. The van der Waals surface area contributed by atoms with Gasteiger partial charge in [0.25, 0.3) is 11.8 Å². The van der Waals surface area contributed by atoms with Crippen molar-refractivity contribution in [2.24, 2.45) is 0 Å². The third-order valence-corrected chi connectivity index (χ3v) is 6.03. The molecule has 1 aromatic heterocycles. The van der Waals surface area contributed by atoms with E-state index in [1.165, 1.54) is 50.6 Å². The lowest BCUT2D eigenvalue weighted by Gasteiger charge is -2.17. The second kappa shape index (κ2) is 9.49. The Morgan fingerprint density at radius 3 is 2.40 bits per heavy atom. The van der Waals surface area contributed by atoms with Crippen LogP contribution in [0.1, 0.15) is 27.2 Å². The van der Waals surface area contributed by atoms with Gasteiger partial charge in [-0.2, -0.15) is 13.2 Å². The summed E-state index contributed by atoms with van der Waals surface area (Å²) >= 11 is 0. The van der Waals surface area contributed by atoms with Crippen molar-refractivity contribution in [1.29, 1.82) is 4.78 Å². The lowest BCUT2D eigenvalue weighted by molar-refractivity contribution is -0.142. The van der Waals surface area contributed by atoms with Crippen LogP contribution in [-0.4, -0.2) is 33.7 Å². The highest BCUT2D eigenvalue weighted by Crippen LogP contribution is 2.38. The fourth-order valence-electron chi connectivity index (χ4n) is 3.10. The first kappa shape index (κ1) is 25.9. The van der Waals surface area contributed by atoms with Crippen molar-refractivity contribution in [3.05, 3.63) is 64.6 Å². The lowest BCUT2D eigenvalue weighted by Crippen LogP contribution is -2.21. The molecule has 3 rings (SSSR count). The van der Waals surface area contributed by atoms with E-state index in [-0.39, 0.29) is 27.6 Å². The Labute approximate surface area is 198 Å². The van der Waals surface area contributed by atoms with E-state index < -0.39 is 50.3 Å². The number of nitrogens with zero attached hydrogens (tertiary/aromatic N) is 2. The summed E-state index contributed by atoms with van der Waals surface area (Å²) in [7, 11) is -1.88.